The second-order valence-electron chi connectivity index (χ2n) is 10.4. The molecule has 0 saturated carbocycles. The van der Waals surface area contributed by atoms with Gasteiger partial charge in [-0.15, -0.1) is 0 Å². The third-order valence-electron chi connectivity index (χ3n) is 7.30. The van der Waals surface area contributed by atoms with Gasteiger partial charge >= 0.3 is 0 Å². The van der Waals surface area contributed by atoms with E-state index in [4.69, 9.17) is 4.74 Å². The van der Waals surface area contributed by atoms with E-state index in [0.29, 0.717) is 30.8 Å². The van der Waals surface area contributed by atoms with E-state index in [1.807, 2.05) is 68.7 Å². The lowest BCUT2D eigenvalue weighted by Crippen LogP contribution is -2.33. The molecule has 0 fully saturated rings. The van der Waals surface area contributed by atoms with Crippen molar-refractivity contribution in [1.29, 1.82) is 5.26 Å². The minimum atomic E-state index is -1.06. The Morgan fingerprint density at radius 2 is 1.60 bits per heavy atom. The molecule has 0 radical (unpaired) electrons. The Labute approximate surface area is 235 Å². The third kappa shape index (κ3) is 6.21. The maximum Gasteiger partial charge on any atom is 0.138 e. The maximum atomic E-state index is 12.3. The van der Waals surface area contributed by atoms with Crippen molar-refractivity contribution in [1.82, 2.24) is 9.88 Å². The molecule has 0 amide bonds. The van der Waals surface area contributed by atoms with Crippen molar-refractivity contribution in [2.75, 3.05) is 20.6 Å². The quantitative estimate of drug-likeness (QED) is 0.218. The molecule has 0 aliphatic rings. The zero-order chi connectivity index (χ0) is 28.0. The van der Waals surface area contributed by atoms with E-state index in [1.54, 1.807) is 18.5 Å². The van der Waals surface area contributed by atoms with Crippen LogP contribution in [0.5, 0.6) is 5.75 Å². The van der Waals surface area contributed by atoms with E-state index in [-0.39, 0.29) is 0 Å². The SMILES string of the molecule is CN(C)CCC(O)(Cc1ccccc1COc1cncc(-c2cccc(C#N)c2)c1)c1cccc2ccccc12. The molecule has 5 nitrogen and oxygen atoms in total. The zero-order valence-electron chi connectivity index (χ0n) is 22.9. The highest BCUT2D eigenvalue weighted by Crippen LogP contribution is 2.36. The average molecular weight is 528 g/mol. The average Bonchev–Trinajstić information content (AvgIpc) is 2.99. The molecule has 5 heteroatoms. The largest absolute Gasteiger partial charge is 0.487 e. The zero-order valence-corrected chi connectivity index (χ0v) is 22.9. The summed E-state index contributed by atoms with van der Waals surface area (Å²) in [6.45, 7) is 1.10. The monoisotopic (exact) mass is 527 g/mol. The van der Waals surface area contributed by atoms with Gasteiger partial charge in [-0.25, -0.2) is 0 Å². The Morgan fingerprint density at radius 1 is 0.850 bits per heavy atom. The lowest BCUT2D eigenvalue weighted by molar-refractivity contribution is 0.0223. The topological polar surface area (TPSA) is 69.4 Å². The van der Waals surface area contributed by atoms with Crippen LogP contribution >= 0.6 is 0 Å². The van der Waals surface area contributed by atoms with E-state index >= 15 is 0 Å². The summed E-state index contributed by atoms with van der Waals surface area (Å²) < 4.78 is 6.22. The van der Waals surface area contributed by atoms with Crippen LogP contribution in [0.4, 0.5) is 0 Å². The van der Waals surface area contributed by atoms with Crippen molar-refractivity contribution < 1.29 is 9.84 Å². The Balaban J connectivity index is 1.42. The highest BCUT2D eigenvalue weighted by molar-refractivity contribution is 5.86. The first-order valence-electron chi connectivity index (χ1n) is 13.5. The van der Waals surface area contributed by atoms with Crippen LogP contribution < -0.4 is 4.74 Å². The van der Waals surface area contributed by atoms with Gasteiger partial charge in [0.2, 0.25) is 0 Å². The van der Waals surface area contributed by atoms with Crippen LogP contribution in [-0.4, -0.2) is 35.6 Å². The van der Waals surface area contributed by atoms with Gasteiger partial charge in [-0.1, -0.05) is 78.9 Å². The van der Waals surface area contributed by atoms with Crippen LogP contribution in [0.15, 0.2) is 109 Å². The molecular formula is C35H33N3O2. The van der Waals surface area contributed by atoms with Crippen molar-refractivity contribution >= 4 is 10.8 Å². The summed E-state index contributed by atoms with van der Waals surface area (Å²) in [5.74, 6) is 0.645. The molecule has 1 heterocycles. The van der Waals surface area contributed by atoms with E-state index in [9.17, 15) is 10.4 Å². The standard InChI is InChI=1S/C35H33N3O2/c1-38(2)18-17-35(39,34-16-8-13-27-10-5-6-15-33(27)34)21-29-11-3-4-12-30(29)25-40-32-20-31(23-37-24-32)28-14-7-9-26(19-28)22-36/h3-16,19-20,23-24,39H,17-18,21,25H2,1-2H3. The van der Waals surface area contributed by atoms with E-state index < -0.39 is 5.60 Å². The number of benzene rings is 4. The van der Waals surface area contributed by atoms with Crippen LogP contribution in [-0.2, 0) is 18.6 Å². The predicted octanol–water partition coefficient (Wildman–Crippen LogP) is 6.73. The lowest BCUT2D eigenvalue weighted by Gasteiger charge is -2.32. The number of rotatable bonds is 10. The molecular weight excluding hydrogens is 494 g/mol. The minimum absolute atomic E-state index is 0.346. The van der Waals surface area contributed by atoms with Crippen LogP contribution in [0.2, 0.25) is 0 Å². The van der Waals surface area contributed by atoms with Crippen molar-refractivity contribution in [3.8, 4) is 22.9 Å². The number of hydrogen-bond acceptors (Lipinski definition) is 5. The Morgan fingerprint density at radius 3 is 2.42 bits per heavy atom. The molecule has 5 rings (SSSR count). The van der Waals surface area contributed by atoms with Crippen LogP contribution in [0.1, 0.15) is 28.7 Å². The van der Waals surface area contributed by atoms with E-state index in [0.717, 1.165) is 45.1 Å². The fourth-order valence-corrected chi connectivity index (χ4v) is 5.13. The van der Waals surface area contributed by atoms with Crippen molar-refractivity contribution in [3.05, 3.63) is 132 Å². The molecule has 40 heavy (non-hydrogen) atoms. The van der Waals surface area contributed by atoms with Crippen molar-refractivity contribution in [2.45, 2.75) is 25.0 Å². The summed E-state index contributed by atoms with van der Waals surface area (Å²) in [4.78, 5) is 6.48. The molecule has 0 bridgehead atoms. The van der Waals surface area contributed by atoms with E-state index in [2.05, 4.69) is 52.4 Å². The Kier molecular flexibility index (Phi) is 8.21. The van der Waals surface area contributed by atoms with Crippen molar-refractivity contribution in [2.24, 2.45) is 0 Å². The number of aliphatic hydroxyl groups is 1. The third-order valence-corrected chi connectivity index (χ3v) is 7.30. The summed E-state index contributed by atoms with van der Waals surface area (Å²) in [6.07, 6.45) is 4.53. The van der Waals surface area contributed by atoms with Gasteiger partial charge in [-0.05, 0) is 71.7 Å². The number of hydrogen-bond donors (Lipinski definition) is 1. The summed E-state index contributed by atoms with van der Waals surface area (Å²) >= 11 is 0. The number of nitriles is 1. The number of fused-ring (bicyclic) bond motifs is 1. The Bertz CT molecular complexity index is 1650. The van der Waals surface area contributed by atoms with Gasteiger partial charge in [0.15, 0.2) is 0 Å². The van der Waals surface area contributed by atoms with Gasteiger partial charge in [-0.2, -0.15) is 5.26 Å². The molecule has 1 atom stereocenters. The maximum absolute atomic E-state index is 12.3. The lowest BCUT2D eigenvalue weighted by atomic mass is 9.81. The smallest absolute Gasteiger partial charge is 0.138 e. The molecule has 1 N–H and O–H groups in total. The van der Waals surface area contributed by atoms with Gasteiger partial charge < -0.3 is 14.7 Å². The van der Waals surface area contributed by atoms with Crippen LogP contribution in [0.25, 0.3) is 21.9 Å². The molecule has 0 spiro atoms. The summed E-state index contributed by atoms with van der Waals surface area (Å²) in [7, 11) is 4.06. The number of pyridine rings is 1. The molecule has 1 aromatic heterocycles. The molecule has 0 aliphatic heterocycles. The number of nitrogens with zero attached hydrogens (tertiary/aromatic N) is 3. The van der Waals surface area contributed by atoms with Gasteiger partial charge in [0.25, 0.3) is 0 Å². The van der Waals surface area contributed by atoms with Gasteiger partial charge in [0.1, 0.15) is 12.4 Å². The van der Waals surface area contributed by atoms with E-state index in [1.165, 1.54) is 0 Å². The molecule has 5 aromatic rings. The normalized spacial score (nSPS) is 12.7. The summed E-state index contributed by atoms with van der Waals surface area (Å²) in [5, 5.41) is 23.7. The first-order valence-corrected chi connectivity index (χ1v) is 13.5. The predicted molar refractivity (Wildman–Crippen MR) is 160 cm³/mol. The highest BCUT2D eigenvalue weighted by Gasteiger charge is 2.32. The summed E-state index contributed by atoms with van der Waals surface area (Å²) in [5.41, 5.74) is 4.35. The second kappa shape index (κ2) is 12.1. The molecule has 200 valence electrons. The number of ether oxygens (including phenoxy) is 1. The van der Waals surface area contributed by atoms with Crippen molar-refractivity contribution in [3.63, 3.8) is 0 Å². The fraction of sp³-hybridized carbons (Fsp3) is 0.200. The minimum Gasteiger partial charge on any atom is -0.487 e. The van der Waals surface area contributed by atoms with Gasteiger partial charge in [-0.3, -0.25) is 4.98 Å². The second-order valence-corrected chi connectivity index (χ2v) is 10.4. The fourth-order valence-electron chi connectivity index (χ4n) is 5.13. The van der Waals surface area contributed by atoms with Crippen LogP contribution in [0, 0.1) is 11.3 Å². The first-order chi connectivity index (χ1) is 19.4. The van der Waals surface area contributed by atoms with Crippen LogP contribution in [0.3, 0.4) is 0 Å². The molecule has 0 aliphatic carbocycles. The number of aromatic nitrogens is 1. The molecule has 0 saturated heterocycles. The summed E-state index contributed by atoms with van der Waals surface area (Å²) in [6, 6.07) is 34.1. The van der Waals surface area contributed by atoms with Gasteiger partial charge in [0.05, 0.1) is 23.4 Å². The Hall–Kier alpha value is -4.50. The van der Waals surface area contributed by atoms with Gasteiger partial charge in [0, 0.05) is 24.7 Å². The molecule has 4 aromatic carbocycles. The highest BCUT2D eigenvalue weighted by atomic mass is 16.5. The molecule has 1 unspecified atom stereocenters. The first kappa shape index (κ1) is 27.1.